The topological polar surface area (TPSA) is 92.7 Å². The molecule has 7 aliphatic rings. The number of fused-ring (bicyclic) bond motifs is 5. The molecule has 0 spiro atoms. The second-order valence-corrected chi connectivity index (χ2v) is 14.1. The predicted octanol–water partition coefficient (Wildman–Crippen LogP) is 4.51. The second kappa shape index (κ2) is 8.88. The highest BCUT2D eigenvalue weighted by Gasteiger charge is 2.67. The van der Waals surface area contributed by atoms with Crippen LogP contribution in [0.2, 0.25) is 0 Å². The molecule has 2 amide bonds. The minimum Gasteiger partial charge on any atom is -0.490 e. The van der Waals surface area contributed by atoms with Crippen molar-refractivity contribution in [2.75, 3.05) is 6.61 Å². The standard InChI is InChI=1S/C34H41NO5/c1-15-10-20(14-36)12-22-24(15)31-27-25(22)18(4)28-17(3)16(2)13-34(28,5)29(27)30(37)26-23(32(38)35-33(26)39)11-19-6-8-21(40-31)9-7-19/h6-9,13,15,17,20,22-27,29,31,36H,10-12,14H2,1-5H3,(H,35,38,39)/t15-,17-,20+,22+,23-,24+,25-,26+,27-,29+,31+,34-/m0/s1. The summed E-state index contributed by atoms with van der Waals surface area (Å²) in [5.74, 6) is -0.924. The third-order valence-corrected chi connectivity index (χ3v) is 12.1. The molecule has 4 aliphatic carbocycles. The van der Waals surface area contributed by atoms with Gasteiger partial charge in [0.25, 0.3) is 0 Å². The number of Topliss-reactive ketones (excluding diaryl/α,β-unsaturated/α-hetero) is 1. The molecular weight excluding hydrogens is 502 g/mol. The number of imide groups is 1. The summed E-state index contributed by atoms with van der Waals surface area (Å²) in [7, 11) is 0. The molecule has 3 aliphatic heterocycles. The number of ketones is 1. The lowest BCUT2D eigenvalue weighted by molar-refractivity contribution is -0.141. The number of aliphatic hydroxyl groups is 1. The fourth-order valence-corrected chi connectivity index (χ4v) is 10.7. The molecule has 0 unspecified atom stereocenters. The van der Waals surface area contributed by atoms with Crippen LogP contribution in [0.3, 0.4) is 0 Å². The van der Waals surface area contributed by atoms with Crippen molar-refractivity contribution in [3.63, 3.8) is 0 Å². The van der Waals surface area contributed by atoms with Gasteiger partial charge in [-0.05, 0) is 80.4 Å². The average molecular weight is 544 g/mol. The van der Waals surface area contributed by atoms with E-state index in [0.717, 1.165) is 24.2 Å². The molecule has 40 heavy (non-hydrogen) atoms. The lowest BCUT2D eigenvalue weighted by Gasteiger charge is -2.49. The Balaban J connectivity index is 1.48. The number of amides is 2. The Labute approximate surface area is 236 Å². The van der Waals surface area contributed by atoms with Crippen molar-refractivity contribution in [1.82, 2.24) is 5.32 Å². The first-order valence-electron chi connectivity index (χ1n) is 15.2. The molecule has 2 saturated carbocycles. The number of benzene rings is 1. The van der Waals surface area contributed by atoms with Crippen LogP contribution in [0.25, 0.3) is 0 Å². The molecule has 2 N–H and O–H groups in total. The molecule has 1 aromatic rings. The van der Waals surface area contributed by atoms with Crippen LogP contribution < -0.4 is 10.1 Å². The van der Waals surface area contributed by atoms with E-state index < -0.39 is 29.1 Å². The first-order chi connectivity index (χ1) is 19.0. The van der Waals surface area contributed by atoms with Gasteiger partial charge in [0, 0.05) is 29.8 Å². The number of carbonyl (C=O) groups is 3. The molecule has 0 aromatic heterocycles. The summed E-state index contributed by atoms with van der Waals surface area (Å²) >= 11 is 0. The molecule has 8 rings (SSSR count). The molecule has 2 bridgehead atoms. The SMILES string of the molecule is CC1=C[C@@]2(C)C(=C(C)[C@H]3[C@@H]4C[C@H](CO)C[C@H](C)[C@H]4[C@H]4Oc5ccc(cc5)C[C@@H]5C(=O)NC(=O)[C@H]5C(=O)[C@H]2[C@@H]43)[C@H]1C. The highest BCUT2D eigenvalue weighted by Crippen LogP contribution is 2.67. The lowest BCUT2D eigenvalue weighted by Crippen LogP contribution is -2.52. The van der Waals surface area contributed by atoms with Gasteiger partial charge in [0.1, 0.15) is 17.8 Å². The number of hydrogen-bond donors (Lipinski definition) is 2. The predicted molar refractivity (Wildman–Crippen MR) is 150 cm³/mol. The second-order valence-electron chi connectivity index (χ2n) is 14.1. The molecule has 212 valence electrons. The van der Waals surface area contributed by atoms with Crippen molar-refractivity contribution in [2.24, 2.45) is 64.6 Å². The number of allylic oxidation sites excluding steroid dienone is 4. The van der Waals surface area contributed by atoms with Gasteiger partial charge in [-0.2, -0.15) is 0 Å². The summed E-state index contributed by atoms with van der Waals surface area (Å²) < 4.78 is 6.99. The van der Waals surface area contributed by atoms with Gasteiger partial charge in [0.15, 0.2) is 5.78 Å². The first kappa shape index (κ1) is 26.2. The van der Waals surface area contributed by atoms with Crippen LogP contribution in [0.4, 0.5) is 0 Å². The number of carbonyl (C=O) groups excluding carboxylic acids is 3. The van der Waals surface area contributed by atoms with Crippen LogP contribution in [0.15, 0.2) is 47.1 Å². The van der Waals surface area contributed by atoms with Crippen molar-refractivity contribution < 1.29 is 24.2 Å². The van der Waals surface area contributed by atoms with E-state index in [4.69, 9.17) is 4.74 Å². The number of nitrogens with one attached hydrogen (secondary N) is 1. The van der Waals surface area contributed by atoms with Crippen LogP contribution in [0.5, 0.6) is 5.75 Å². The molecule has 6 heteroatoms. The van der Waals surface area contributed by atoms with Gasteiger partial charge in [-0.25, -0.2) is 0 Å². The zero-order chi connectivity index (χ0) is 28.2. The molecule has 1 saturated heterocycles. The van der Waals surface area contributed by atoms with E-state index in [0.29, 0.717) is 12.3 Å². The van der Waals surface area contributed by atoms with E-state index in [9.17, 15) is 14.7 Å². The Hall–Kier alpha value is -2.73. The van der Waals surface area contributed by atoms with Crippen LogP contribution in [-0.4, -0.2) is 35.4 Å². The maximum Gasteiger partial charge on any atom is 0.237 e. The molecule has 6 nitrogen and oxygen atoms in total. The Bertz CT molecular complexity index is 1360. The fraction of sp³-hybridized carbons (Fsp3) is 0.618. The van der Waals surface area contributed by atoms with Crippen molar-refractivity contribution in [3.05, 3.63) is 52.6 Å². The van der Waals surface area contributed by atoms with E-state index in [2.05, 4.69) is 46.0 Å². The molecule has 3 heterocycles. The van der Waals surface area contributed by atoms with Crippen molar-refractivity contribution in [1.29, 1.82) is 0 Å². The van der Waals surface area contributed by atoms with Crippen molar-refractivity contribution >= 4 is 17.6 Å². The summed E-state index contributed by atoms with van der Waals surface area (Å²) in [6.07, 6.45) is 4.30. The Kier molecular flexibility index (Phi) is 5.82. The summed E-state index contributed by atoms with van der Waals surface area (Å²) in [6.45, 7) is 11.3. The van der Waals surface area contributed by atoms with Crippen LogP contribution in [0.1, 0.15) is 53.0 Å². The Morgan fingerprint density at radius 3 is 2.45 bits per heavy atom. The summed E-state index contributed by atoms with van der Waals surface area (Å²) in [4.78, 5) is 41.5. The van der Waals surface area contributed by atoms with Gasteiger partial charge in [0.2, 0.25) is 11.8 Å². The zero-order valence-corrected chi connectivity index (χ0v) is 24.1. The molecule has 3 fully saturated rings. The first-order valence-corrected chi connectivity index (χ1v) is 15.2. The van der Waals surface area contributed by atoms with Gasteiger partial charge >= 0.3 is 0 Å². The largest absolute Gasteiger partial charge is 0.490 e. The smallest absolute Gasteiger partial charge is 0.237 e. The van der Waals surface area contributed by atoms with Crippen molar-refractivity contribution in [3.8, 4) is 5.75 Å². The summed E-state index contributed by atoms with van der Waals surface area (Å²) in [5.41, 5.74) is 4.33. The van der Waals surface area contributed by atoms with Gasteiger partial charge in [-0.1, -0.05) is 55.7 Å². The quantitative estimate of drug-likeness (QED) is 0.309. The lowest BCUT2D eigenvalue weighted by atomic mass is 9.53. The van der Waals surface area contributed by atoms with E-state index >= 15 is 4.79 Å². The van der Waals surface area contributed by atoms with E-state index in [-0.39, 0.29) is 59.9 Å². The minimum absolute atomic E-state index is 0.0948. The molecule has 0 radical (unpaired) electrons. The number of ether oxygens (including phenoxy) is 1. The Morgan fingerprint density at radius 1 is 1.02 bits per heavy atom. The molecular formula is C34H41NO5. The van der Waals surface area contributed by atoms with Gasteiger partial charge < -0.3 is 9.84 Å². The van der Waals surface area contributed by atoms with Gasteiger partial charge in [-0.15, -0.1) is 0 Å². The third-order valence-electron chi connectivity index (χ3n) is 12.1. The third kappa shape index (κ3) is 3.41. The summed E-state index contributed by atoms with van der Waals surface area (Å²) in [6, 6.07) is 7.92. The monoisotopic (exact) mass is 543 g/mol. The van der Waals surface area contributed by atoms with Gasteiger partial charge in [0.05, 0.1) is 5.92 Å². The highest BCUT2D eigenvalue weighted by molar-refractivity contribution is 6.16. The molecule has 1 aromatic carbocycles. The average Bonchev–Trinajstić information content (AvgIpc) is 3.45. The maximum absolute atomic E-state index is 15.0. The van der Waals surface area contributed by atoms with Crippen molar-refractivity contribution in [2.45, 2.75) is 60.0 Å². The van der Waals surface area contributed by atoms with Gasteiger partial charge in [-0.3, -0.25) is 19.7 Å². The van der Waals surface area contributed by atoms with E-state index in [1.54, 1.807) is 0 Å². The minimum atomic E-state index is -0.996. The summed E-state index contributed by atoms with van der Waals surface area (Å²) in [5, 5.41) is 12.8. The number of rotatable bonds is 1. The van der Waals surface area contributed by atoms with Crippen LogP contribution >= 0.6 is 0 Å². The molecule has 12 atom stereocenters. The van der Waals surface area contributed by atoms with Crippen LogP contribution in [-0.2, 0) is 20.8 Å². The van der Waals surface area contributed by atoms with Crippen LogP contribution in [0, 0.1) is 64.6 Å². The zero-order valence-electron chi connectivity index (χ0n) is 24.1. The highest BCUT2D eigenvalue weighted by atomic mass is 16.5. The van der Waals surface area contributed by atoms with E-state index in [1.807, 2.05) is 24.3 Å². The maximum atomic E-state index is 15.0. The fourth-order valence-electron chi connectivity index (χ4n) is 10.7. The number of hydrogen-bond acceptors (Lipinski definition) is 5. The number of aliphatic hydroxyl groups excluding tert-OH is 1. The normalized spacial score (nSPS) is 45.5. The Morgan fingerprint density at radius 2 is 1.75 bits per heavy atom. The van der Waals surface area contributed by atoms with E-state index in [1.165, 1.54) is 16.7 Å².